The average molecular weight is 678 g/mol. The molecule has 2 aromatic rings. The van der Waals surface area contributed by atoms with E-state index in [1.165, 1.54) is 16.9 Å². The number of aliphatic hydroxyl groups is 1. The number of esters is 1. The van der Waals surface area contributed by atoms with Crippen LogP contribution in [-0.4, -0.2) is 90.4 Å². The van der Waals surface area contributed by atoms with Gasteiger partial charge in [-0.3, -0.25) is 19.2 Å². The first kappa shape index (κ1) is 33.9. The van der Waals surface area contributed by atoms with Gasteiger partial charge < -0.3 is 34.4 Å². The number of amides is 3. The molecule has 254 valence electrons. The molecular formula is C36H40ClN3O8. The summed E-state index contributed by atoms with van der Waals surface area (Å²) in [6.45, 7) is 1.57. The Labute approximate surface area is 284 Å². The minimum Gasteiger partial charge on any atom is -0.455 e. The number of hydrogen-bond donors (Lipinski definition) is 2. The number of halogens is 1. The predicted octanol–water partition coefficient (Wildman–Crippen LogP) is 3.36. The first-order chi connectivity index (χ1) is 23.2. The highest BCUT2D eigenvalue weighted by Crippen LogP contribution is 2.56. The van der Waals surface area contributed by atoms with E-state index in [4.69, 9.17) is 25.8 Å². The summed E-state index contributed by atoms with van der Waals surface area (Å²) in [4.78, 5) is 59.9. The zero-order chi connectivity index (χ0) is 34.0. The van der Waals surface area contributed by atoms with Crippen LogP contribution in [0.2, 0.25) is 5.02 Å². The second-order valence-corrected chi connectivity index (χ2v) is 12.9. The minimum absolute atomic E-state index is 0.0526. The zero-order valence-electron chi connectivity index (χ0n) is 26.9. The molecule has 4 heterocycles. The third-order valence-electron chi connectivity index (χ3n) is 9.72. The maximum Gasteiger partial charge on any atom is 0.313 e. The third-order valence-corrected chi connectivity index (χ3v) is 10.0. The lowest BCUT2D eigenvalue weighted by atomic mass is 9.74. The summed E-state index contributed by atoms with van der Waals surface area (Å²) >= 11 is 6.63. The molecule has 0 radical (unpaired) electrons. The molecule has 6 rings (SSSR count). The van der Waals surface area contributed by atoms with Crippen LogP contribution in [0.5, 0.6) is 0 Å². The molecule has 4 aliphatic rings. The lowest BCUT2D eigenvalue weighted by Gasteiger charge is -2.38. The number of carbonyl (C=O) groups is 4. The first-order valence-corrected chi connectivity index (χ1v) is 16.7. The Balaban J connectivity index is 1.48. The van der Waals surface area contributed by atoms with Crippen molar-refractivity contribution in [3.63, 3.8) is 0 Å². The van der Waals surface area contributed by atoms with Crippen LogP contribution in [0.1, 0.15) is 37.9 Å². The van der Waals surface area contributed by atoms with E-state index in [9.17, 15) is 24.3 Å². The highest BCUT2D eigenvalue weighted by atomic mass is 35.5. The Bertz CT molecular complexity index is 1600. The number of cyclic esters (lactones) is 1. The van der Waals surface area contributed by atoms with E-state index in [2.05, 4.69) is 5.32 Å². The molecule has 0 unspecified atom stereocenters. The van der Waals surface area contributed by atoms with Gasteiger partial charge in [-0.15, -0.1) is 0 Å². The van der Waals surface area contributed by atoms with Crippen molar-refractivity contribution in [1.29, 1.82) is 0 Å². The number of benzene rings is 2. The number of nitrogens with one attached hydrogen (secondary N) is 1. The molecule has 1 spiro atoms. The molecule has 48 heavy (non-hydrogen) atoms. The molecule has 11 nitrogen and oxygen atoms in total. The van der Waals surface area contributed by atoms with Crippen LogP contribution < -0.4 is 10.2 Å². The smallest absolute Gasteiger partial charge is 0.313 e. The van der Waals surface area contributed by atoms with E-state index >= 15 is 0 Å². The van der Waals surface area contributed by atoms with Gasteiger partial charge >= 0.3 is 5.97 Å². The molecule has 12 heteroatoms. The van der Waals surface area contributed by atoms with Gasteiger partial charge in [-0.05, 0) is 30.5 Å². The molecule has 0 aliphatic carbocycles. The van der Waals surface area contributed by atoms with Gasteiger partial charge in [0.2, 0.25) is 11.8 Å². The Kier molecular flexibility index (Phi) is 10.0. The number of anilines is 1. The lowest BCUT2D eigenvalue weighted by Crippen LogP contribution is -2.58. The number of rotatable bonds is 7. The molecule has 0 saturated carbocycles. The lowest BCUT2D eigenvalue weighted by molar-refractivity contribution is -0.162. The maximum atomic E-state index is 14.9. The number of aliphatic hydroxyl groups excluding tert-OH is 1. The highest BCUT2D eigenvalue weighted by molar-refractivity contribution is 6.34. The fraction of sp³-hybridized carbons (Fsp3) is 0.444. The van der Waals surface area contributed by atoms with Crippen molar-refractivity contribution in [1.82, 2.24) is 10.2 Å². The van der Waals surface area contributed by atoms with Crippen molar-refractivity contribution in [3.05, 3.63) is 89.5 Å². The molecule has 5 bridgehead atoms. The van der Waals surface area contributed by atoms with Crippen LogP contribution in [0, 0.1) is 11.8 Å². The van der Waals surface area contributed by atoms with Gasteiger partial charge in [0, 0.05) is 20.1 Å². The molecule has 8 atom stereocenters. The fourth-order valence-corrected chi connectivity index (χ4v) is 7.73. The van der Waals surface area contributed by atoms with Gasteiger partial charge in [-0.25, -0.2) is 0 Å². The topological polar surface area (TPSA) is 135 Å². The quantitative estimate of drug-likeness (QED) is 0.337. The zero-order valence-corrected chi connectivity index (χ0v) is 27.6. The summed E-state index contributed by atoms with van der Waals surface area (Å²) in [5.41, 5.74) is -0.436. The van der Waals surface area contributed by atoms with Crippen LogP contribution >= 0.6 is 11.6 Å². The summed E-state index contributed by atoms with van der Waals surface area (Å²) < 4.78 is 18.2. The second kappa shape index (κ2) is 14.2. The standard InChI is InChI=1S/C36H40ClN3O8/c1-3-23(20-41)40-32-34(44)39(26-15-10-9-14-24(26)37)19-11-5-8-16-28(42)38-25(21-46-2)31(22-12-6-4-7-13-22)47-35(45)29-27-17-18-36(32,48-27)30(29)33(40)43/h4-7,9-15,17-18,23,25,27,29-32,41H,3,8,16,19-21H2,1-2H3,(H,38,42)/b11-5-/t23-,25-,27+,29-,30-,31-,32+,36-/m0/s1. The van der Waals surface area contributed by atoms with E-state index in [0.29, 0.717) is 29.1 Å². The van der Waals surface area contributed by atoms with Crippen LogP contribution in [0.4, 0.5) is 5.69 Å². The Morgan fingerprint density at radius 2 is 1.81 bits per heavy atom. The summed E-state index contributed by atoms with van der Waals surface area (Å²) in [6.07, 6.45) is 6.09. The van der Waals surface area contributed by atoms with E-state index in [-0.39, 0.29) is 25.5 Å². The van der Waals surface area contributed by atoms with E-state index < -0.39 is 72.2 Å². The van der Waals surface area contributed by atoms with Gasteiger partial charge in [0.1, 0.15) is 23.7 Å². The molecule has 2 saturated heterocycles. The molecule has 4 aliphatic heterocycles. The van der Waals surface area contributed by atoms with Crippen molar-refractivity contribution in [2.24, 2.45) is 11.8 Å². The van der Waals surface area contributed by atoms with Crippen LogP contribution in [0.3, 0.4) is 0 Å². The summed E-state index contributed by atoms with van der Waals surface area (Å²) in [5, 5.41) is 13.8. The SMILES string of the molecule is CC[C@@H](CO)N1C(=O)[C@@H]2[C@H]3C(=O)O[C@@H](c4ccccc4)[C@H](COC)NC(=O)CC/C=C\CN(c4ccccc4Cl)C(=O)[C@@H]1[C@]21C=C[C@H]3O1. The number of carbonyl (C=O) groups excluding carboxylic acids is 4. The van der Waals surface area contributed by atoms with Crippen LogP contribution in [0.25, 0.3) is 0 Å². The molecule has 2 fully saturated rings. The van der Waals surface area contributed by atoms with E-state index in [1.54, 1.807) is 66.8 Å². The van der Waals surface area contributed by atoms with E-state index in [0.717, 1.165) is 0 Å². The number of nitrogens with zero attached hydrogens (tertiary/aromatic N) is 2. The molecule has 3 amide bonds. The van der Waals surface area contributed by atoms with Gasteiger partial charge in [-0.2, -0.15) is 0 Å². The fourth-order valence-electron chi connectivity index (χ4n) is 7.49. The maximum absolute atomic E-state index is 14.9. The second-order valence-electron chi connectivity index (χ2n) is 12.5. The van der Waals surface area contributed by atoms with Crippen molar-refractivity contribution in [2.75, 3.05) is 31.8 Å². The normalized spacial score (nSPS) is 31.8. The third kappa shape index (κ3) is 5.93. The number of fused-ring (bicyclic) bond motifs is 2. The van der Waals surface area contributed by atoms with E-state index in [1.807, 2.05) is 19.1 Å². The first-order valence-electron chi connectivity index (χ1n) is 16.3. The number of hydrogen-bond acceptors (Lipinski definition) is 8. The van der Waals surface area contributed by atoms with Gasteiger partial charge in [0.25, 0.3) is 5.91 Å². The minimum atomic E-state index is -1.50. The van der Waals surface area contributed by atoms with Crippen molar-refractivity contribution >= 4 is 41.0 Å². The van der Waals surface area contributed by atoms with Crippen LogP contribution in [0.15, 0.2) is 78.9 Å². The monoisotopic (exact) mass is 677 g/mol. The van der Waals surface area contributed by atoms with Crippen LogP contribution in [-0.2, 0) is 33.4 Å². The largest absolute Gasteiger partial charge is 0.455 e. The Morgan fingerprint density at radius 3 is 2.52 bits per heavy atom. The molecule has 2 aromatic carbocycles. The Hall–Kier alpha value is -4.03. The predicted molar refractivity (Wildman–Crippen MR) is 177 cm³/mol. The molecular weight excluding hydrogens is 638 g/mol. The number of likely N-dealkylation sites (tertiary alicyclic amines) is 1. The number of methoxy groups -OCH3 is 1. The Morgan fingerprint density at radius 1 is 1.06 bits per heavy atom. The summed E-state index contributed by atoms with van der Waals surface area (Å²) in [5.74, 6) is -4.11. The molecule has 2 N–H and O–H groups in total. The average Bonchev–Trinajstić information content (AvgIpc) is 3.73. The van der Waals surface area contributed by atoms with Gasteiger partial charge in [0.15, 0.2) is 0 Å². The van der Waals surface area contributed by atoms with Gasteiger partial charge in [0.05, 0.1) is 48.0 Å². The summed E-state index contributed by atoms with van der Waals surface area (Å²) in [7, 11) is 1.50. The van der Waals surface area contributed by atoms with Gasteiger partial charge in [-0.1, -0.05) is 85.3 Å². The van der Waals surface area contributed by atoms with Crippen molar-refractivity contribution in [3.8, 4) is 0 Å². The highest BCUT2D eigenvalue weighted by Gasteiger charge is 2.74. The van der Waals surface area contributed by atoms with Crippen molar-refractivity contribution < 1.29 is 38.5 Å². The number of para-hydroxylation sites is 1. The van der Waals surface area contributed by atoms with Crippen molar-refractivity contribution in [2.45, 2.75) is 62.1 Å². The summed E-state index contributed by atoms with van der Waals surface area (Å²) in [6, 6.07) is 13.3. The number of allylic oxidation sites excluding steroid dienone is 1. The number of ether oxygens (including phenoxy) is 3. The molecule has 0 aromatic heterocycles.